The summed E-state index contributed by atoms with van der Waals surface area (Å²) < 4.78 is 43.1. The molecule has 196 valence electrons. The SMILES string of the molecule is CCCNC(=O)C(C)N(Cc1cccc(OC)c1)C(=O)CN(c1ccc2c(c1)OCO2)S(=O)(=O)CC. The molecule has 2 aromatic carbocycles. The van der Waals surface area contributed by atoms with Gasteiger partial charge in [-0.3, -0.25) is 13.9 Å². The standard InChI is InChI=1S/C25H33N3O7S/c1-5-12-26-25(30)18(3)27(15-19-8-7-9-21(13-19)33-4)24(29)16-28(36(31,32)6-2)20-10-11-22-23(14-20)35-17-34-22/h7-11,13-14,18H,5-6,12,15-17H2,1-4H3,(H,26,30). The van der Waals surface area contributed by atoms with Crippen molar-refractivity contribution in [1.82, 2.24) is 10.2 Å². The Hall–Kier alpha value is -3.47. The topological polar surface area (TPSA) is 114 Å². The van der Waals surface area contributed by atoms with Crippen molar-refractivity contribution in [2.45, 2.75) is 39.8 Å². The first-order chi connectivity index (χ1) is 17.2. The Balaban J connectivity index is 1.93. The van der Waals surface area contributed by atoms with Gasteiger partial charge in [0.2, 0.25) is 28.6 Å². The number of carbonyl (C=O) groups is 2. The van der Waals surface area contributed by atoms with E-state index in [1.807, 2.05) is 13.0 Å². The molecular formula is C25H33N3O7S. The van der Waals surface area contributed by atoms with Gasteiger partial charge < -0.3 is 24.4 Å². The highest BCUT2D eigenvalue weighted by molar-refractivity contribution is 7.92. The van der Waals surface area contributed by atoms with Crippen molar-refractivity contribution in [3.05, 3.63) is 48.0 Å². The van der Waals surface area contributed by atoms with Crippen molar-refractivity contribution >= 4 is 27.5 Å². The highest BCUT2D eigenvalue weighted by Crippen LogP contribution is 2.36. The Morgan fingerprint density at radius 1 is 1.11 bits per heavy atom. The van der Waals surface area contributed by atoms with E-state index >= 15 is 0 Å². The summed E-state index contributed by atoms with van der Waals surface area (Å²) in [6, 6.07) is 11.0. The maximum atomic E-state index is 13.7. The predicted octanol–water partition coefficient (Wildman–Crippen LogP) is 2.52. The Morgan fingerprint density at radius 2 is 1.86 bits per heavy atom. The van der Waals surface area contributed by atoms with Gasteiger partial charge in [0.1, 0.15) is 18.3 Å². The van der Waals surface area contributed by atoms with Gasteiger partial charge in [-0.1, -0.05) is 19.1 Å². The van der Waals surface area contributed by atoms with Crippen LogP contribution in [0.2, 0.25) is 0 Å². The van der Waals surface area contributed by atoms with Crippen LogP contribution in [0.3, 0.4) is 0 Å². The minimum absolute atomic E-state index is 0.0386. The van der Waals surface area contributed by atoms with Gasteiger partial charge in [-0.05, 0) is 50.1 Å². The second kappa shape index (κ2) is 12.0. The second-order valence-corrected chi connectivity index (χ2v) is 10.5. The number of carbonyl (C=O) groups excluding carboxylic acids is 2. The van der Waals surface area contributed by atoms with Crippen LogP contribution in [-0.4, -0.2) is 63.9 Å². The van der Waals surface area contributed by atoms with E-state index in [9.17, 15) is 18.0 Å². The third kappa shape index (κ3) is 6.39. The fraction of sp³-hybridized carbons (Fsp3) is 0.440. The van der Waals surface area contributed by atoms with E-state index in [0.29, 0.717) is 23.8 Å². The average molecular weight is 520 g/mol. The lowest BCUT2D eigenvalue weighted by molar-refractivity contribution is -0.139. The Bertz CT molecular complexity index is 1190. The van der Waals surface area contributed by atoms with Gasteiger partial charge in [-0.25, -0.2) is 8.42 Å². The van der Waals surface area contributed by atoms with E-state index < -0.39 is 28.5 Å². The molecule has 3 rings (SSSR count). The molecule has 1 unspecified atom stereocenters. The third-order valence-corrected chi connectivity index (χ3v) is 7.57. The van der Waals surface area contributed by atoms with E-state index in [1.54, 1.807) is 44.4 Å². The van der Waals surface area contributed by atoms with Crippen molar-refractivity contribution in [2.24, 2.45) is 0 Å². The largest absolute Gasteiger partial charge is 0.497 e. The number of nitrogens with zero attached hydrogens (tertiary/aromatic N) is 2. The number of rotatable bonds is 12. The smallest absolute Gasteiger partial charge is 0.244 e. The number of sulfonamides is 1. The first-order valence-corrected chi connectivity index (χ1v) is 13.4. The number of methoxy groups -OCH3 is 1. The van der Waals surface area contributed by atoms with Crippen LogP contribution in [-0.2, 0) is 26.2 Å². The molecule has 0 spiro atoms. The van der Waals surface area contributed by atoms with Crippen LogP contribution in [0.1, 0.15) is 32.8 Å². The summed E-state index contributed by atoms with van der Waals surface area (Å²) in [5, 5.41) is 2.81. The number of anilines is 1. The molecule has 0 saturated carbocycles. The molecule has 10 nitrogen and oxygen atoms in total. The van der Waals surface area contributed by atoms with Gasteiger partial charge >= 0.3 is 0 Å². The maximum Gasteiger partial charge on any atom is 0.244 e. The van der Waals surface area contributed by atoms with Crippen molar-refractivity contribution in [3.63, 3.8) is 0 Å². The molecule has 0 fully saturated rings. The van der Waals surface area contributed by atoms with Crippen LogP contribution >= 0.6 is 0 Å². The Labute approximate surface area is 212 Å². The molecule has 11 heteroatoms. The molecular weight excluding hydrogens is 486 g/mol. The summed E-state index contributed by atoms with van der Waals surface area (Å²) in [6.07, 6.45) is 0.745. The van der Waals surface area contributed by atoms with Gasteiger partial charge in [0.25, 0.3) is 0 Å². The number of benzene rings is 2. The minimum Gasteiger partial charge on any atom is -0.497 e. The number of ether oxygens (including phenoxy) is 3. The lowest BCUT2D eigenvalue weighted by Crippen LogP contribution is -2.51. The van der Waals surface area contributed by atoms with Gasteiger partial charge in [-0.2, -0.15) is 0 Å². The Kier molecular flexibility index (Phi) is 9.03. The molecule has 1 aliphatic rings. The number of amides is 2. The van der Waals surface area contributed by atoms with Gasteiger partial charge in [-0.15, -0.1) is 0 Å². The quantitative estimate of drug-likeness (QED) is 0.458. The number of fused-ring (bicyclic) bond motifs is 1. The van der Waals surface area contributed by atoms with Gasteiger partial charge in [0.15, 0.2) is 11.5 Å². The maximum absolute atomic E-state index is 13.7. The number of nitrogens with one attached hydrogen (secondary N) is 1. The second-order valence-electron chi connectivity index (χ2n) is 8.28. The van der Waals surface area contributed by atoms with Gasteiger partial charge in [0, 0.05) is 19.2 Å². The summed E-state index contributed by atoms with van der Waals surface area (Å²) in [7, 11) is -2.29. The summed E-state index contributed by atoms with van der Waals surface area (Å²) >= 11 is 0. The molecule has 2 aromatic rings. The molecule has 0 saturated heterocycles. The zero-order valence-electron chi connectivity index (χ0n) is 21.0. The summed E-state index contributed by atoms with van der Waals surface area (Å²) in [6.45, 7) is 5.19. The molecule has 0 aromatic heterocycles. The van der Waals surface area contributed by atoms with Crippen LogP contribution in [0.5, 0.6) is 17.2 Å². The van der Waals surface area contributed by atoms with E-state index in [4.69, 9.17) is 14.2 Å². The molecule has 1 heterocycles. The van der Waals surface area contributed by atoms with Crippen molar-refractivity contribution in [2.75, 3.05) is 37.1 Å². The molecule has 0 bridgehead atoms. The van der Waals surface area contributed by atoms with Crippen molar-refractivity contribution in [1.29, 1.82) is 0 Å². The van der Waals surface area contributed by atoms with E-state index in [-0.39, 0.29) is 30.7 Å². The molecule has 1 N–H and O–H groups in total. The van der Waals surface area contributed by atoms with E-state index in [0.717, 1.165) is 16.3 Å². The molecule has 2 amide bonds. The fourth-order valence-electron chi connectivity index (χ4n) is 3.71. The zero-order valence-corrected chi connectivity index (χ0v) is 21.8. The van der Waals surface area contributed by atoms with Crippen LogP contribution in [0, 0.1) is 0 Å². The first kappa shape index (κ1) is 27.1. The normalized spacial score (nSPS) is 13.1. The average Bonchev–Trinajstić information content (AvgIpc) is 3.36. The van der Waals surface area contributed by atoms with E-state index in [1.165, 1.54) is 17.9 Å². The summed E-state index contributed by atoms with van der Waals surface area (Å²) in [5.74, 6) is 0.458. The molecule has 1 aliphatic heterocycles. The monoisotopic (exact) mass is 519 g/mol. The van der Waals surface area contributed by atoms with Crippen LogP contribution < -0.4 is 23.8 Å². The summed E-state index contributed by atoms with van der Waals surface area (Å²) in [4.78, 5) is 27.8. The van der Waals surface area contributed by atoms with Crippen LogP contribution in [0.25, 0.3) is 0 Å². The molecule has 1 atom stereocenters. The Morgan fingerprint density at radius 3 is 2.56 bits per heavy atom. The van der Waals surface area contributed by atoms with Crippen molar-refractivity contribution in [3.8, 4) is 17.2 Å². The van der Waals surface area contributed by atoms with Gasteiger partial charge in [0.05, 0.1) is 18.6 Å². The van der Waals surface area contributed by atoms with Crippen LogP contribution in [0.4, 0.5) is 5.69 Å². The first-order valence-electron chi connectivity index (χ1n) is 11.8. The van der Waals surface area contributed by atoms with Crippen molar-refractivity contribution < 1.29 is 32.2 Å². The predicted molar refractivity (Wildman–Crippen MR) is 136 cm³/mol. The lowest BCUT2D eigenvalue weighted by Gasteiger charge is -2.32. The fourth-order valence-corrected chi connectivity index (χ4v) is 4.76. The third-order valence-electron chi connectivity index (χ3n) is 5.83. The lowest BCUT2D eigenvalue weighted by atomic mass is 10.1. The highest BCUT2D eigenvalue weighted by Gasteiger charge is 2.31. The number of hydrogen-bond acceptors (Lipinski definition) is 7. The zero-order chi connectivity index (χ0) is 26.3. The summed E-state index contributed by atoms with van der Waals surface area (Å²) in [5.41, 5.74) is 1.02. The minimum atomic E-state index is -3.83. The molecule has 0 radical (unpaired) electrons. The molecule has 0 aliphatic carbocycles. The number of hydrogen-bond donors (Lipinski definition) is 1. The molecule has 36 heavy (non-hydrogen) atoms. The van der Waals surface area contributed by atoms with Crippen LogP contribution in [0.15, 0.2) is 42.5 Å². The highest BCUT2D eigenvalue weighted by atomic mass is 32.2. The van der Waals surface area contributed by atoms with E-state index in [2.05, 4.69) is 5.32 Å².